The van der Waals surface area contributed by atoms with Crippen molar-refractivity contribution in [2.24, 2.45) is 0 Å². The molecule has 1 atom stereocenters. The van der Waals surface area contributed by atoms with Crippen molar-refractivity contribution >= 4 is 17.4 Å². The minimum atomic E-state index is -0.252. The predicted octanol–water partition coefficient (Wildman–Crippen LogP) is 1.48. The molecule has 0 saturated heterocycles. The second-order valence-corrected chi connectivity index (χ2v) is 5.99. The Labute approximate surface area is 133 Å². The number of anilines is 2. The summed E-state index contributed by atoms with van der Waals surface area (Å²) in [5, 5.41) is 7.78. The number of hydrogen-bond acceptors (Lipinski definition) is 6. The van der Waals surface area contributed by atoms with Crippen molar-refractivity contribution in [2.75, 3.05) is 24.2 Å². The minimum absolute atomic E-state index is 0.0785. The number of rotatable bonds is 1. The molecule has 0 aliphatic carbocycles. The number of aryl methyl sites for hydroxylation is 1. The highest BCUT2D eigenvalue weighted by Gasteiger charge is 2.32. The Hall–Kier alpha value is -2.41. The number of carbonyl (C=O) groups is 1. The largest absolute Gasteiger partial charge is 0.383 e. The smallest absolute Gasteiger partial charge is 0.256 e. The molecule has 1 unspecified atom stereocenters. The zero-order valence-corrected chi connectivity index (χ0v) is 13.0. The van der Waals surface area contributed by atoms with Crippen LogP contribution < -0.4 is 11.1 Å². The average Bonchev–Trinajstić information content (AvgIpc) is 2.92. The normalized spacial score (nSPS) is 19.6. The number of nitrogens with zero attached hydrogens (tertiary/aromatic N) is 3. The lowest BCUT2D eigenvalue weighted by atomic mass is 9.90. The Balaban J connectivity index is 1.74. The van der Waals surface area contributed by atoms with Gasteiger partial charge in [0.2, 0.25) is 0 Å². The number of nitrogens with one attached hydrogen (secondary N) is 1. The highest BCUT2D eigenvalue weighted by Crippen LogP contribution is 2.35. The van der Waals surface area contributed by atoms with E-state index in [4.69, 9.17) is 10.5 Å². The third kappa shape index (κ3) is 2.19. The van der Waals surface area contributed by atoms with Gasteiger partial charge in [-0.25, -0.2) is 0 Å². The van der Waals surface area contributed by atoms with Gasteiger partial charge in [0.05, 0.1) is 36.2 Å². The summed E-state index contributed by atoms with van der Waals surface area (Å²) in [6.07, 6.45) is 3.16. The van der Waals surface area contributed by atoms with Gasteiger partial charge in [-0.15, -0.1) is 0 Å². The lowest BCUT2D eigenvalue weighted by Gasteiger charge is -2.26. The summed E-state index contributed by atoms with van der Waals surface area (Å²) in [4.78, 5) is 17.3. The monoisotopic (exact) mass is 313 g/mol. The first-order chi connectivity index (χ1) is 11.2. The number of aromatic nitrogens is 3. The van der Waals surface area contributed by atoms with Crippen molar-refractivity contribution in [3.63, 3.8) is 0 Å². The molecule has 7 nitrogen and oxygen atoms in total. The van der Waals surface area contributed by atoms with E-state index >= 15 is 0 Å². The van der Waals surface area contributed by atoms with E-state index in [1.807, 2.05) is 13.0 Å². The minimum Gasteiger partial charge on any atom is -0.383 e. The first-order valence-electron chi connectivity index (χ1n) is 7.84. The Morgan fingerprint density at radius 3 is 3.22 bits per heavy atom. The van der Waals surface area contributed by atoms with Crippen LogP contribution in [0.3, 0.4) is 0 Å². The maximum atomic E-state index is 13.0. The van der Waals surface area contributed by atoms with Gasteiger partial charge < -0.3 is 15.8 Å². The number of hydrogen-bond donors (Lipinski definition) is 2. The van der Waals surface area contributed by atoms with Gasteiger partial charge in [0, 0.05) is 24.7 Å². The van der Waals surface area contributed by atoms with E-state index in [2.05, 4.69) is 15.4 Å². The van der Waals surface area contributed by atoms with E-state index in [-0.39, 0.29) is 11.8 Å². The van der Waals surface area contributed by atoms with Crippen LogP contribution in [0, 0.1) is 6.92 Å². The maximum Gasteiger partial charge on any atom is 0.256 e. The average molecular weight is 313 g/mol. The Morgan fingerprint density at radius 1 is 1.52 bits per heavy atom. The highest BCUT2D eigenvalue weighted by atomic mass is 16.5. The fourth-order valence-corrected chi connectivity index (χ4v) is 3.39. The van der Waals surface area contributed by atoms with Crippen LogP contribution in [0.1, 0.15) is 39.6 Å². The molecule has 23 heavy (non-hydrogen) atoms. The van der Waals surface area contributed by atoms with Crippen LogP contribution in [-0.4, -0.2) is 33.8 Å². The lowest BCUT2D eigenvalue weighted by molar-refractivity contribution is 0.0859. The molecule has 120 valence electrons. The fourth-order valence-electron chi connectivity index (χ4n) is 3.39. The Morgan fingerprint density at radius 2 is 2.39 bits per heavy atom. The molecule has 7 heteroatoms. The molecule has 0 aromatic carbocycles. The first kappa shape index (κ1) is 14.2. The van der Waals surface area contributed by atoms with Crippen LogP contribution in [0.5, 0.6) is 0 Å². The van der Waals surface area contributed by atoms with Gasteiger partial charge in [-0.3, -0.25) is 9.78 Å². The van der Waals surface area contributed by atoms with E-state index in [1.54, 1.807) is 6.20 Å². The van der Waals surface area contributed by atoms with Gasteiger partial charge in [-0.05, 0) is 25.0 Å². The molecule has 2 aliphatic rings. The summed E-state index contributed by atoms with van der Waals surface area (Å²) in [6.45, 7) is 3.73. The van der Waals surface area contributed by atoms with Gasteiger partial charge in [-0.2, -0.15) is 9.78 Å². The molecular formula is C16H19N5O2. The number of fused-ring (bicyclic) bond motifs is 2. The summed E-state index contributed by atoms with van der Waals surface area (Å²) >= 11 is 0. The third-order valence-electron chi connectivity index (χ3n) is 4.63. The van der Waals surface area contributed by atoms with E-state index < -0.39 is 0 Å². The van der Waals surface area contributed by atoms with Crippen LogP contribution >= 0.6 is 0 Å². The van der Waals surface area contributed by atoms with E-state index in [1.165, 1.54) is 4.68 Å². The van der Waals surface area contributed by atoms with Gasteiger partial charge in [0.15, 0.2) is 0 Å². The number of carbonyl (C=O) groups excluding carboxylic acids is 1. The summed E-state index contributed by atoms with van der Waals surface area (Å²) in [6, 6.07) is 1.90. The molecule has 2 aromatic heterocycles. The fraction of sp³-hybridized carbons (Fsp3) is 0.438. The van der Waals surface area contributed by atoms with Crippen LogP contribution in [-0.2, 0) is 17.8 Å². The molecule has 4 heterocycles. The van der Waals surface area contributed by atoms with Crippen LogP contribution in [0.4, 0.5) is 11.5 Å². The van der Waals surface area contributed by atoms with E-state index in [0.717, 1.165) is 41.2 Å². The molecule has 0 radical (unpaired) electrons. The van der Waals surface area contributed by atoms with Crippen molar-refractivity contribution in [3.05, 3.63) is 34.8 Å². The van der Waals surface area contributed by atoms with Crippen LogP contribution in [0.15, 0.2) is 12.3 Å². The number of nitrogen functional groups attached to an aromatic ring is 1. The Bertz CT molecular complexity index is 783. The van der Waals surface area contributed by atoms with Crippen molar-refractivity contribution in [1.29, 1.82) is 0 Å². The number of pyridine rings is 1. The molecule has 0 spiro atoms. The first-order valence-corrected chi connectivity index (χ1v) is 7.84. The van der Waals surface area contributed by atoms with E-state index in [0.29, 0.717) is 25.5 Å². The summed E-state index contributed by atoms with van der Waals surface area (Å²) in [7, 11) is 0. The molecular weight excluding hydrogens is 294 g/mol. The molecule has 0 amide bonds. The van der Waals surface area contributed by atoms with Gasteiger partial charge in [-0.1, -0.05) is 0 Å². The maximum absolute atomic E-state index is 13.0. The molecule has 3 N–H and O–H groups in total. The lowest BCUT2D eigenvalue weighted by Crippen LogP contribution is -2.29. The topological polar surface area (TPSA) is 95.1 Å². The van der Waals surface area contributed by atoms with Gasteiger partial charge in [0.1, 0.15) is 5.82 Å². The molecule has 0 bridgehead atoms. The highest BCUT2D eigenvalue weighted by molar-refractivity contribution is 5.90. The number of nitrogens with two attached hydrogens (primary N) is 1. The zero-order chi connectivity index (χ0) is 16.0. The van der Waals surface area contributed by atoms with Crippen molar-refractivity contribution in [1.82, 2.24) is 14.8 Å². The number of ether oxygens (including phenoxy) is 1. The van der Waals surface area contributed by atoms with Crippen molar-refractivity contribution in [3.8, 4) is 0 Å². The standard InChI is InChI=1S/C16H19N5O2/c1-9-14-10(2-5-18-9)11(3-6-19-14)16(22)21-15(17)12-8-23-7-4-13(12)20-21/h2,5,11,19H,3-4,6-8,17H2,1H3. The molecule has 0 fully saturated rings. The predicted molar refractivity (Wildman–Crippen MR) is 85.4 cm³/mol. The Kier molecular flexibility index (Phi) is 3.30. The quantitative estimate of drug-likeness (QED) is 0.828. The second kappa shape index (κ2) is 5.34. The van der Waals surface area contributed by atoms with Crippen LogP contribution in [0.2, 0.25) is 0 Å². The van der Waals surface area contributed by atoms with Crippen molar-refractivity contribution < 1.29 is 9.53 Å². The summed E-state index contributed by atoms with van der Waals surface area (Å²) in [5.41, 5.74) is 10.7. The zero-order valence-electron chi connectivity index (χ0n) is 13.0. The van der Waals surface area contributed by atoms with E-state index in [9.17, 15) is 4.79 Å². The second-order valence-electron chi connectivity index (χ2n) is 5.99. The molecule has 4 rings (SSSR count). The van der Waals surface area contributed by atoms with Crippen molar-refractivity contribution in [2.45, 2.75) is 32.3 Å². The third-order valence-corrected chi connectivity index (χ3v) is 4.63. The summed E-state index contributed by atoms with van der Waals surface area (Å²) < 4.78 is 6.79. The van der Waals surface area contributed by atoms with Gasteiger partial charge in [0.25, 0.3) is 5.91 Å². The molecule has 0 saturated carbocycles. The molecule has 2 aromatic rings. The molecule has 2 aliphatic heterocycles. The van der Waals surface area contributed by atoms with Crippen LogP contribution in [0.25, 0.3) is 0 Å². The van der Waals surface area contributed by atoms with Gasteiger partial charge >= 0.3 is 0 Å². The summed E-state index contributed by atoms with van der Waals surface area (Å²) in [5.74, 6) is 0.0818. The SMILES string of the molecule is Cc1nccc2c1NCCC2C(=O)n1nc2c(c1N)COCC2.